The third-order valence-electron chi connectivity index (χ3n) is 3.78. The zero-order chi connectivity index (χ0) is 11.6. The van der Waals surface area contributed by atoms with Crippen molar-refractivity contribution in [3.8, 4) is 0 Å². The summed E-state index contributed by atoms with van der Waals surface area (Å²) in [6.45, 7) is 4.62. The van der Waals surface area contributed by atoms with Gasteiger partial charge in [0.05, 0.1) is 18.3 Å². The van der Waals surface area contributed by atoms with Gasteiger partial charge in [-0.15, -0.1) is 0 Å². The smallest absolute Gasteiger partial charge is 0.0720 e. The van der Waals surface area contributed by atoms with Gasteiger partial charge in [0.1, 0.15) is 0 Å². The molecule has 0 saturated heterocycles. The van der Waals surface area contributed by atoms with E-state index in [9.17, 15) is 5.11 Å². The Morgan fingerprint density at radius 1 is 1.38 bits per heavy atom. The van der Waals surface area contributed by atoms with E-state index in [1.165, 1.54) is 5.56 Å². The third-order valence-corrected chi connectivity index (χ3v) is 3.78. The van der Waals surface area contributed by atoms with Crippen LogP contribution < -0.4 is 0 Å². The van der Waals surface area contributed by atoms with Crippen molar-refractivity contribution in [1.29, 1.82) is 0 Å². The predicted octanol–water partition coefficient (Wildman–Crippen LogP) is 2.75. The lowest BCUT2D eigenvalue weighted by Crippen LogP contribution is -2.32. The SMILES string of the molecule is C[C@H]1[C@H](OCc2ccccc2)CC[C@@]1(C)O. The summed E-state index contributed by atoms with van der Waals surface area (Å²) in [5, 5.41) is 10.1. The summed E-state index contributed by atoms with van der Waals surface area (Å²) in [6.07, 6.45) is 1.99. The highest BCUT2D eigenvalue weighted by molar-refractivity contribution is 5.13. The van der Waals surface area contributed by atoms with E-state index in [4.69, 9.17) is 4.74 Å². The van der Waals surface area contributed by atoms with Gasteiger partial charge in [0.2, 0.25) is 0 Å². The van der Waals surface area contributed by atoms with Gasteiger partial charge in [-0.3, -0.25) is 0 Å². The van der Waals surface area contributed by atoms with Crippen molar-refractivity contribution in [1.82, 2.24) is 0 Å². The number of hydrogen-bond donors (Lipinski definition) is 1. The van der Waals surface area contributed by atoms with Crippen LogP contribution in [0.15, 0.2) is 30.3 Å². The summed E-state index contributed by atoms with van der Waals surface area (Å²) < 4.78 is 5.88. The van der Waals surface area contributed by atoms with Crippen LogP contribution in [0.25, 0.3) is 0 Å². The number of aliphatic hydroxyl groups is 1. The molecule has 0 aromatic heterocycles. The maximum Gasteiger partial charge on any atom is 0.0720 e. The zero-order valence-corrected chi connectivity index (χ0v) is 10.0. The molecule has 3 atom stereocenters. The van der Waals surface area contributed by atoms with Gasteiger partial charge in [0.15, 0.2) is 0 Å². The molecule has 0 heterocycles. The van der Waals surface area contributed by atoms with Crippen molar-refractivity contribution in [2.45, 2.75) is 45.0 Å². The van der Waals surface area contributed by atoms with Gasteiger partial charge in [0.25, 0.3) is 0 Å². The van der Waals surface area contributed by atoms with Crippen LogP contribution in [0, 0.1) is 5.92 Å². The van der Waals surface area contributed by atoms with Gasteiger partial charge in [-0.25, -0.2) is 0 Å². The molecule has 88 valence electrons. The Hall–Kier alpha value is -0.860. The van der Waals surface area contributed by atoms with E-state index in [2.05, 4.69) is 19.1 Å². The molecule has 0 spiro atoms. The van der Waals surface area contributed by atoms with Gasteiger partial charge >= 0.3 is 0 Å². The largest absolute Gasteiger partial charge is 0.390 e. The molecule has 1 aliphatic carbocycles. The summed E-state index contributed by atoms with van der Waals surface area (Å²) in [5.74, 6) is 0.219. The van der Waals surface area contributed by atoms with Crippen LogP contribution in [-0.2, 0) is 11.3 Å². The highest BCUT2D eigenvalue weighted by Gasteiger charge is 2.41. The topological polar surface area (TPSA) is 29.5 Å². The van der Waals surface area contributed by atoms with Crippen molar-refractivity contribution < 1.29 is 9.84 Å². The Morgan fingerprint density at radius 2 is 2.06 bits per heavy atom. The van der Waals surface area contributed by atoms with Crippen molar-refractivity contribution in [2.75, 3.05) is 0 Å². The summed E-state index contributed by atoms with van der Waals surface area (Å²) in [5.41, 5.74) is 0.641. The Kier molecular flexibility index (Phi) is 3.31. The van der Waals surface area contributed by atoms with Crippen LogP contribution in [-0.4, -0.2) is 16.8 Å². The fraction of sp³-hybridized carbons (Fsp3) is 0.571. The lowest BCUT2D eigenvalue weighted by Gasteiger charge is -2.25. The second-order valence-corrected chi connectivity index (χ2v) is 5.02. The first-order valence-corrected chi connectivity index (χ1v) is 5.97. The van der Waals surface area contributed by atoms with Gasteiger partial charge < -0.3 is 9.84 Å². The van der Waals surface area contributed by atoms with Gasteiger partial charge in [-0.2, -0.15) is 0 Å². The summed E-state index contributed by atoms with van der Waals surface area (Å²) in [4.78, 5) is 0. The Balaban J connectivity index is 1.88. The van der Waals surface area contributed by atoms with Gasteiger partial charge in [-0.1, -0.05) is 37.3 Å². The first kappa shape index (κ1) is 11.6. The molecule has 1 aromatic rings. The van der Waals surface area contributed by atoms with Crippen LogP contribution >= 0.6 is 0 Å². The summed E-state index contributed by atoms with van der Waals surface area (Å²) in [7, 11) is 0. The molecule has 0 bridgehead atoms. The molecule has 2 nitrogen and oxygen atoms in total. The molecule has 0 amide bonds. The maximum absolute atomic E-state index is 10.1. The number of rotatable bonds is 3. The van der Waals surface area contributed by atoms with Crippen LogP contribution in [0.1, 0.15) is 32.3 Å². The molecule has 0 unspecified atom stereocenters. The molecule has 1 aromatic carbocycles. The number of ether oxygens (including phenoxy) is 1. The van der Waals surface area contributed by atoms with E-state index in [1.54, 1.807) is 0 Å². The fourth-order valence-corrected chi connectivity index (χ4v) is 2.32. The van der Waals surface area contributed by atoms with Crippen LogP contribution in [0.2, 0.25) is 0 Å². The van der Waals surface area contributed by atoms with Crippen molar-refractivity contribution in [3.05, 3.63) is 35.9 Å². The van der Waals surface area contributed by atoms with Crippen molar-refractivity contribution >= 4 is 0 Å². The highest BCUT2D eigenvalue weighted by atomic mass is 16.5. The molecule has 16 heavy (non-hydrogen) atoms. The van der Waals surface area contributed by atoms with E-state index >= 15 is 0 Å². The molecular weight excluding hydrogens is 200 g/mol. The molecular formula is C14H20O2. The minimum absolute atomic E-state index is 0.190. The third kappa shape index (κ3) is 2.45. The summed E-state index contributed by atoms with van der Waals surface area (Å²) in [6, 6.07) is 10.2. The Bertz CT molecular complexity index is 332. The van der Waals surface area contributed by atoms with Crippen molar-refractivity contribution in [2.24, 2.45) is 5.92 Å². The van der Waals surface area contributed by atoms with E-state index in [1.807, 2.05) is 25.1 Å². The van der Waals surface area contributed by atoms with Crippen LogP contribution in [0.3, 0.4) is 0 Å². The van der Waals surface area contributed by atoms with E-state index in [0.717, 1.165) is 12.8 Å². The van der Waals surface area contributed by atoms with Crippen molar-refractivity contribution in [3.63, 3.8) is 0 Å². The molecule has 2 rings (SSSR count). The molecule has 1 saturated carbocycles. The minimum Gasteiger partial charge on any atom is -0.390 e. The number of benzene rings is 1. The standard InChI is InChI=1S/C14H20O2/c1-11-13(8-9-14(11,2)15)16-10-12-6-4-3-5-7-12/h3-7,11,13,15H,8-10H2,1-2H3/t11-,13+,14+/m0/s1. The molecule has 1 aliphatic rings. The lowest BCUT2D eigenvalue weighted by molar-refractivity contribution is -0.0371. The highest BCUT2D eigenvalue weighted by Crippen LogP contribution is 2.37. The van der Waals surface area contributed by atoms with Gasteiger partial charge in [0, 0.05) is 5.92 Å². The molecule has 0 aliphatic heterocycles. The average molecular weight is 220 g/mol. The maximum atomic E-state index is 10.1. The first-order chi connectivity index (χ1) is 7.59. The monoisotopic (exact) mass is 220 g/mol. The second kappa shape index (κ2) is 4.56. The fourth-order valence-electron chi connectivity index (χ4n) is 2.32. The average Bonchev–Trinajstić information content (AvgIpc) is 2.54. The first-order valence-electron chi connectivity index (χ1n) is 5.97. The van der Waals surface area contributed by atoms with E-state index in [-0.39, 0.29) is 12.0 Å². The quantitative estimate of drug-likeness (QED) is 0.848. The molecule has 0 radical (unpaired) electrons. The Labute approximate surface area is 97.3 Å². The van der Waals surface area contributed by atoms with E-state index < -0.39 is 5.60 Å². The minimum atomic E-state index is -0.554. The number of hydrogen-bond acceptors (Lipinski definition) is 2. The second-order valence-electron chi connectivity index (χ2n) is 5.02. The van der Waals surface area contributed by atoms with Gasteiger partial charge in [-0.05, 0) is 25.3 Å². The predicted molar refractivity (Wildman–Crippen MR) is 64.0 cm³/mol. The van der Waals surface area contributed by atoms with E-state index in [0.29, 0.717) is 6.61 Å². The Morgan fingerprint density at radius 3 is 2.62 bits per heavy atom. The van der Waals surface area contributed by atoms with Crippen LogP contribution in [0.5, 0.6) is 0 Å². The zero-order valence-electron chi connectivity index (χ0n) is 10.0. The lowest BCUT2D eigenvalue weighted by atomic mass is 9.94. The molecule has 1 fully saturated rings. The summed E-state index contributed by atoms with van der Waals surface area (Å²) >= 11 is 0. The molecule has 2 heteroatoms. The van der Waals surface area contributed by atoms with Crippen LogP contribution in [0.4, 0.5) is 0 Å². The molecule has 1 N–H and O–H groups in total. The normalized spacial score (nSPS) is 34.2.